The fraction of sp³-hybridized carbons (Fsp3) is 0.353. The van der Waals surface area contributed by atoms with E-state index >= 15 is 0 Å². The lowest BCUT2D eigenvalue weighted by atomic mass is 10.1. The van der Waals surface area contributed by atoms with Crippen LogP contribution in [0.1, 0.15) is 33.4 Å². The van der Waals surface area contributed by atoms with Gasteiger partial charge in [0, 0.05) is 36.0 Å². The monoisotopic (exact) mass is 346 g/mol. The van der Waals surface area contributed by atoms with Crippen molar-refractivity contribution < 1.29 is 14.1 Å². The number of furan rings is 1. The molecule has 1 saturated heterocycles. The molecule has 0 radical (unpaired) electrons. The Kier molecular flexibility index (Phi) is 4.89. The lowest BCUT2D eigenvalue weighted by Crippen LogP contribution is -2.33. The Morgan fingerprint density at radius 2 is 2.21 bits per heavy atom. The molecule has 1 aromatic heterocycles. The van der Waals surface area contributed by atoms with Gasteiger partial charge in [-0.15, -0.1) is 11.8 Å². The molecule has 0 bridgehead atoms. The van der Waals surface area contributed by atoms with Crippen molar-refractivity contribution in [1.29, 1.82) is 0 Å². The number of nitro groups is 1. The van der Waals surface area contributed by atoms with Crippen LogP contribution in [0.2, 0.25) is 0 Å². The maximum absolute atomic E-state index is 12.7. The third kappa shape index (κ3) is 3.46. The molecule has 1 amide bonds. The van der Waals surface area contributed by atoms with Gasteiger partial charge in [-0.25, -0.2) is 0 Å². The van der Waals surface area contributed by atoms with Gasteiger partial charge in [0.1, 0.15) is 5.76 Å². The molecular weight excluding hydrogens is 328 g/mol. The Morgan fingerprint density at radius 3 is 2.92 bits per heavy atom. The average molecular weight is 346 g/mol. The standard InChI is InChI=1S/C17H18N2O4S/c1-12-4-5-13(11-14(12)19(21)22)17(20)18-7-6-16(24-10-8-18)15-3-2-9-23-15/h2-5,9,11,16H,6-8,10H2,1H3. The van der Waals surface area contributed by atoms with Gasteiger partial charge in [0.2, 0.25) is 0 Å². The van der Waals surface area contributed by atoms with Crippen LogP contribution in [0.4, 0.5) is 5.69 Å². The summed E-state index contributed by atoms with van der Waals surface area (Å²) in [5.74, 6) is 1.59. The first-order valence-corrected chi connectivity index (χ1v) is 8.80. The van der Waals surface area contributed by atoms with Crippen molar-refractivity contribution >= 4 is 23.4 Å². The van der Waals surface area contributed by atoms with Crippen LogP contribution >= 0.6 is 11.8 Å². The summed E-state index contributed by atoms with van der Waals surface area (Å²) in [4.78, 5) is 25.1. The molecule has 3 rings (SSSR count). The molecule has 1 atom stereocenters. The number of nitro benzene ring substituents is 1. The molecule has 126 valence electrons. The number of carbonyl (C=O) groups is 1. The molecule has 24 heavy (non-hydrogen) atoms. The maximum atomic E-state index is 12.7. The van der Waals surface area contributed by atoms with Crippen LogP contribution in [-0.2, 0) is 0 Å². The first kappa shape index (κ1) is 16.6. The maximum Gasteiger partial charge on any atom is 0.273 e. The summed E-state index contributed by atoms with van der Waals surface area (Å²) in [5, 5.41) is 11.3. The van der Waals surface area contributed by atoms with Crippen molar-refractivity contribution in [3.8, 4) is 0 Å². The van der Waals surface area contributed by atoms with Gasteiger partial charge < -0.3 is 9.32 Å². The van der Waals surface area contributed by atoms with Crippen LogP contribution in [0.25, 0.3) is 0 Å². The van der Waals surface area contributed by atoms with Gasteiger partial charge in [-0.05, 0) is 31.5 Å². The molecule has 2 aromatic rings. The molecule has 1 aliphatic heterocycles. The molecule has 0 N–H and O–H groups in total. The van der Waals surface area contributed by atoms with Gasteiger partial charge in [0.25, 0.3) is 11.6 Å². The van der Waals surface area contributed by atoms with Gasteiger partial charge in [0.05, 0.1) is 16.4 Å². The highest BCUT2D eigenvalue weighted by Crippen LogP contribution is 2.34. The van der Waals surface area contributed by atoms with Crippen LogP contribution in [0.3, 0.4) is 0 Å². The first-order valence-electron chi connectivity index (χ1n) is 7.75. The highest BCUT2D eigenvalue weighted by molar-refractivity contribution is 7.99. The van der Waals surface area contributed by atoms with Crippen LogP contribution in [0.5, 0.6) is 0 Å². The van der Waals surface area contributed by atoms with E-state index in [1.54, 1.807) is 42.0 Å². The number of carbonyl (C=O) groups excluding carboxylic acids is 1. The van der Waals surface area contributed by atoms with E-state index in [1.165, 1.54) is 6.07 Å². The van der Waals surface area contributed by atoms with Gasteiger partial charge in [-0.1, -0.05) is 6.07 Å². The number of aryl methyl sites for hydroxylation is 1. The predicted octanol–water partition coefficient (Wildman–Crippen LogP) is 3.82. The normalized spacial score (nSPS) is 18.2. The second-order valence-electron chi connectivity index (χ2n) is 5.71. The Labute approximate surface area is 144 Å². The fourth-order valence-corrected chi connectivity index (χ4v) is 3.98. The summed E-state index contributed by atoms with van der Waals surface area (Å²) in [6.45, 7) is 2.91. The number of amides is 1. The Morgan fingerprint density at radius 1 is 1.38 bits per heavy atom. The summed E-state index contributed by atoms with van der Waals surface area (Å²) in [7, 11) is 0. The van der Waals surface area contributed by atoms with E-state index in [1.807, 2.05) is 12.1 Å². The van der Waals surface area contributed by atoms with Crippen LogP contribution in [-0.4, -0.2) is 34.6 Å². The van der Waals surface area contributed by atoms with Crippen molar-refractivity contribution in [3.05, 3.63) is 63.6 Å². The van der Waals surface area contributed by atoms with E-state index in [-0.39, 0.29) is 16.8 Å². The minimum Gasteiger partial charge on any atom is -0.468 e. The molecule has 0 spiro atoms. The van der Waals surface area contributed by atoms with Gasteiger partial charge in [0.15, 0.2) is 0 Å². The van der Waals surface area contributed by atoms with Crippen LogP contribution < -0.4 is 0 Å². The quantitative estimate of drug-likeness (QED) is 0.624. The second-order valence-corrected chi connectivity index (χ2v) is 7.02. The number of nitrogens with zero attached hydrogens (tertiary/aromatic N) is 2. The highest BCUT2D eigenvalue weighted by atomic mass is 32.2. The smallest absolute Gasteiger partial charge is 0.273 e. The zero-order chi connectivity index (χ0) is 17.1. The predicted molar refractivity (Wildman–Crippen MR) is 92.3 cm³/mol. The van der Waals surface area contributed by atoms with Gasteiger partial charge >= 0.3 is 0 Å². The van der Waals surface area contributed by atoms with Crippen molar-refractivity contribution in [1.82, 2.24) is 4.90 Å². The molecule has 1 fully saturated rings. The molecule has 2 heterocycles. The summed E-state index contributed by atoms with van der Waals surface area (Å²) in [6, 6.07) is 8.49. The highest BCUT2D eigenvalue weighted by Gasteiger charge is 2.25. The molecule has 1 aromatic carbocycles. The Bertz CT molecular complexity index is 745. The molecule has 1 unspecified atom stereocenters. The molecule has 6 nitrogen and oxygen atoms in total. The largest absolute Gasteiger partial charge is 0.468 e. The van der Waals surface area contributed by atoms with E-state index in [4.69, 9.17) is 4.42 Å². The average Bonchev–Trinajstić information content (AvgIpc) is 2.99. The summed E-state index contributed by atoms with van der Waals surface area (Å²) < 4.78 is 5.46. The lowest BCUT2D eigenvalue weighted by molar-refractivity contribution is -0.385. The zero-order valence-electron chi connectivity index (χ0n) is 13.3. The van der Waals surface area contributed by atoms with Crippen molar-refractivity contribution in [2.45, 2.75) is 18.6 Å². The summed E-state index contributed by atoms with van der Waals surface area (Å²) >= 11 is 1.77. The topological polar surface area (TPSA) is 76.6 Å². The Balaban J connectivity index is 1.73. The summed E-state index contributed by atoms with van der Waals surface area (Å²) in [6.07, 6.45) is 2.47. The third-order valence-electron chi connectivity index (χ3n) is 4.14. The number of benzene rings is 1. The van der Waals surface area contributed by atoms with Crippen molar-refractivity contribution in [2.24, 2.45) is 0 Å². The van der Waals surface area contributed by atoms with Gasteiger partial charge in [-0.3, -0.25) is 14.9 Å². The minimum atomic E-state index is -0.447. The molecule has 1 aliphatic rings. The van der Waals surface area contributed by atoms with E-state index in [0.29, 0.717) is 24.2 Å². The minimum absolute atomic E-state index is 0.0153. The first-order chi connectivity index (χ1) is 11.6. The Hall–Kier alpha value is -2.28. The van der Waals surface area contributed by atoms with E-state index < -0.39 is 4.92 Å². The molecule has 7 heteroatoms. The lowest BCUT2D eigenvalue weighted by Gasteiger charge is -2.20. The molecule has 0 aliphatic carbocycles. The zero-order valence-corrected chi connectivity index (χ0v) is 14.1. The van der Waals surface area contributed by atoms with Crippen LogP contribution in [0, 0.1) is 17.0 Å². The second kappa shape index (κ2) is 7.09. The van der Waals surface area contributed by atoms with E-state index in [0.717, 1.165) is 17.9 Å². The van der Waals surface area contributed by atoms with Crippen molar-refractivity contribution in [2.75, 3.05) is 18.8 Å². The van der Waals surface area contributed by atoms with Gasteiger partial charge in [-0.2, -0.15) is 0 Å². The number of thioether (sulfide) groups is 1. The van der Waals surface area contributed by atoms with E-state index in [2.05, 4.69) is 0 Å². The van der Waals surface area contributed by atoms with E-state index in [9.17, 15) is 14.9 Å². The van der Waals surface area contributed by atoms with Crippen molar-refractivity contribution in [3.63, 3.8) is 0 Å². The van der Waals surface area contributed by atoms with Crippen LogP contribution in [0.15, 0.2) is 41.0 Å². The third-order valence-corrected chi connectivity index (χ3v) is 5.43. The number of hydrogen-bond acceptors (Lipinski definition) is 5. The number of hydrogen-bond donors (Lipinski definition) is 0. The fourth-order valence-electron chi connectivity index (χ4n) is 2.80. The molecule has 0 saturated carbocycles. The number of rotatable bonds is 3. The molecular formula is C17H18N2O4S. The summed E-state index contributed by atoms with van der Waals surface area (Å²) in [5.41, 5.74) is 0.910. The SMILES string of the molecule is Cc1ccc(C(=O)N2CCSC(c3ccco3)CC2)cc1[N+](=O)[O-].